The largest absolute Gasteiger partial charge is 0.468 e. The van der Waals surface area contributed by atoms with E-state index >= 15 is 0 Å². The van der Waals surface area contributed by atoms with Gasteiger partial charge in [0.05, 0.1) is 24.4 Å². The molecule has 21 heavy (non-hydrogen) atoms. The lowest BCUT2D eigenvalue weighted by atomic mass is 10.2. The zero-order valence-electron chi connectivity index (χ0n) is 11.5. The number of aliphatic hydroxyl groups is 1. The van der Waals surface area contributed by atoms with E-state index in [4.69, 9.17) is 21.1 Å². The quantitative estimate of drug-likeness (QED) is 0.884. The molecule has 1 N–H and O–H groups in total. The predicted molar refractivity (Wildman–Crippen MR) is 79.4 cm³/mol. The normalized spacial score (nSPS) is 12.0. The van der Waals surface area contributed by atoms with Crippen LogP contribution in [0.3, 0.4) is 0 Å². The van der Waals surface area contributed by atoms with Gasteiger partial charge in [0.15, 0.2) is 0 Å². The van der Waals surface area contributed by atoms with Crippen LogP contribution in [0.5, 0.6) is 0 Å². The third-order valence-electron chi connectivity index (χ3n) is 3.06. The molecule has 114 valence electrons. The van der Waals surface area contributed by atoms with Gasteiger partial charge in [0.2, 0.25) is 10.0 Å². The number of aliphatic hydroxyl groups excluding tert-OH is 1. The topological polar surface area (TPSA) is 70.8 Å². The van der Waals surface area contributed by atoms with Crippen LogP contribution in [0.2, 0.25) is 5.02 Å². The van der Waals surface area contributed by atoms with Crippen LogP contribution >= 0.6 is 11.6 Å². The van der Waals surface area contributed by atoms with Crippen molar-refractivity contribution in [3.8, 4) is 0 Å². The molecule has 1 heterocycles. The van der Waals surface area contributed by atoms with Gasteiger partial charge in [-0.25, -0.2) is 8.42 Å². The Balaban J connectivity index is 2.39. The summed E-state index contributed by atoms with van der Waals surface area (Å²) < 4.78 is 31.9. The van der Waals surface area contributed by atoms with Crippen molar-refractivity contribution in [2.24, 2.45) is 0 Å². The molecule has 2 aromatic rings. The van der Waals surface area contributed by atoms with Crippen LogP contribution in [-0.4, -0.2) is 24.4 Å². The van der Waals surface area contributed by atoms with E-state index < -0.39 is 10.0 Å². The highest BCUT2D eigenvalue weighted by Crippen LogP contribution is 2.27. The molecule has 0 fully saturated rings. The summed E-state index contributed by atoms with van der Waals surface area (Å²) in [6.45, 7) is 1.91. The van der Waals surface area contributed by atoms with E-state index in [1.807, 2.05) is 0 Å². The molecule has 1 aromatic heterocycles. The highest BCUT2D eigenvalue weighted by molar-refractivity contribution is 7.89. The van der Waals surface area contributed by atoms with Gasteiger partial charge in [-0.1, -0.05) is 24.6 Å². The summed E-state index contributed by atoms with van der Waals surface area (Å²) in [7, 11) is -3.76. The van der Waals surface area contributed by atoms with E-state index in [1.54, 1.807) is 25.1 Å². The average Bonchev–Trinajstić information content (AvgIpc) is 2.98. The molecule has 0 radical (unpaired) electrons. The zero-order chi connectivity index (χ0) is 15.5. The molecule has 0 aliphatic rings. The number of hydrogen-bond donors (Lipinski definition) is 1. The third-order valence-corrected chi connectivity index (χ3v) is 5.46. The van der Waals surface area contributed by atoms with Crippen molar-refractivity contribution in [3.05, 3.63) is 52.9 Å². The molecule has 0 saturated heterocycles. The van der Waals surface area contributed by atoms with E-state index in [-0.39, 0.29) is 29.6 Å². The van der Waals surface area contributed by atoms with Crippen LogP contribution in [0.15, 0.2) is 45.9 Å². The summed E-state index contributed by atoms with van der Waals surface area (Å²) in [5.41, 5.74) is 0.493. The zero-order valence-corrected chi connectivity index (χ0v) is 13.1. The monoisotopic (exact) mass is 329 g/mol. The Bertz CT molecular complexity index is 698. The molecule has 5 nitrogen and oxygen atoms in total. The Morgan fingerprint density at radius 1 is 1.33 bits per heavy atom. The lowest BCUT2D eigenvalue weighted by molar-refractivity contribution is 0.281. The van der Waals surface area contributed by atoms with E-state index in [0.717, 1.165) is 0 Å². The van der Waals surface area contributed by atoms with E-state index in [2.05, 4.69) is 0 Å². The fourth-order valence-corrected chi connectivity index (χ4v) is 3.87. The number of sulfonamides is 1. The van der Waals surface area contributed by atoms with Crippen molar-refractivity contribution in [1.29, 1.82) is 0 Å². The Kier molecular flexibility index (Phi) is 5.05. The van der Waals surface area contributed by atoms with Gasteiger partial charge in [0.25, 0.3) is 0 Å². The summed E-state index contributed by atoms with van der Waals surface area (Å²) in [6.07, 6.45) is 1.50. The molecule has 0 spiro atoms. The Hall–Kier alpha value is -1.34. The van der Waals surface area contributed by atoms with Crippen LogP contribution in [0.4, 0.5) is 0 Å². The van der Waals surface area contributed by atoms with Gasteiger partial charge in [-0.3, -0.25) is 0 Å². The maximum Gasteiger partial charge on any atom is 0.244 e. The first-order chi connectivity index (χ1) is 9.98. The average molecular weight is 330 g/mol. The summed E-state index contributed by atoms with van der Waals surface area (Å²) >= 11 is 6.01. The highest BCUT2D eigenvalue weighted by atomic mass is 35.5. The molecule has 0 amide bonds. The second-order valence-corrected chi connectivity index (χ2v) is 6.75. The van der Waals surface area contributed by atoms with Crippen LogP contribution < -0.4 is 0 Å². The van der Waals surface area contributed by atoms with Crippen molar-refractivity contribution >= 4 is 21.6 Å². The Morgan fingerprint density at radius 3 is 2.67 bits per heavy atom. The first-order valence-electron chi connectivity index (χ1n) is 6.41. The number of nitrogens with zero attached hydrogens (tertiary/aromatic N) is 1. The van der Waals surface area contributed by atoms with Crippen molar-refractivity contribution < 1.29 is 17.9 Å². The minimum Gasteiger partial charge on any atom is -0.468 e. The van der Waals surface area contributed by atoms with Crippen molar-refractivity contribution in [3.63, 3.8) is 0 Å². The molecule has 0 atom stereocenters. The summed E-state index contributed by atoms with van der Waals surface area (Å²) in [5.74, 6) is 0.551. The minimum atomic E-state index is -3.76. The van der Waals surface area contributed by atoms with Crippen LogP contribution in [-0.2, 0) is 23.2 Å². The molecular formula is C14H16ClNO4S. The minimum absolute atomic E-state index is 0.0101. The summed E-state index contributed by atoms with van der Waals surface area (Å²) in [4.78, 5) is -0.0101. The molecule has 0 bridgehead atoms. The van der Waals surface area contributed by atoms with Crippen molar-refractivity contribution in [1.82, 2.24) is 4.31 Å². The molecule has 2 rings (SSSR count). The smallest absolute Gasteiger partial charge is 0.244 e. The second kappa shape index (κ2) is 6.62. The molecule has 0 saturated carbocycles. The van der Waals surface area contributed by atoms with Crippen molar-refractivity contribution in [2.75, 3.05) is 6.54 Å². The molecule has 0 aliphatic carbocycles. The van der Waals surface area contributed by atoms with Crippen LogP contribution in [0.1, 0.15) is 18.2 Å². The second-order valence-electron chi connectivity index (χ2n) is 4.43. The van der Waals surface area contributed by atoms with Gasteiger partial charge < -0.3 is 9.52 Å². The number of rotatable bonds is 6. The van der Waals surface area contributed by atoms with E-state index in [1.165, 1.54) is 22.7 Å². The lowest BCUT2D eigenvalue weighted by Crippen LogP contribution is -2.30. The number of halogens is 1. The molecule has 7 heteroatoms. The first kappa shape index (κ1) is 16.0. The number of benzene rings is 1. The van der Waals surface area contributed by atoms with Gasteiger partial charge in [-0.05, 0) is 29.8 Å². The highest BCUT2D eigenvalue weighted by Gasteiger charge is 2.26. The van der Waals surface area contributed by atoms with Gasteiger partial charge in [0, 0.05) is 6.54 Å². The molecule has 0 unspecified atom stereocenters. The first-order valence-corrected chi connectivity index (χ1v) is 8.22. The fourth-order valence-electron chi connectivity index (χ4n) is 1.93. The van der Waals surface area contributed by atoms with Gasteiger partial charge >= 0.3 is 0 Å². The number of hydrogen-bond acceptors (Lipinski definition) is 4. The summed E-state index contributed by atoms with van der Waals surface area (Å²) in [6, 6.07) is 7.87. The number of furan rings is 1. The maximum absolute atomic E-state index is 12.7. The standard InChI is InChI=1S/C14H16ClNO4S/c1-2-16(9-12-4-3-7-20-12)21(18,19)14-8-11(10-17)5-6-13(14)15/h3-8,17H,2,9-10H2,1H3. The maximum atomic E-state index is 12.7. The SMILES string of the molecule is CCN(Cc1ccco1)S(=O)(=O)c1cc(CO)ccc1Cl. The van der Waals surface area contributed by atoms with Crippen molar-refractivity contribution in [2.45, 2.75) is 25.0 Å². The Morgan fingerprint density at radius 2 is 2.10 bits per heavy atom. The summed E-state index contributed by atoms with van der Waals surface area (Å²) in [5, 5.41) is 9.29. The van der Waals surface area contributed by atoms with Gasteiger partial charge in [0.1, 0.15) is 10.7 Å². The van der Waals surface area contributed by atoms with E-state index in [0.29, 0.717) is 11.3 Å². The van der Waals surface area contributed by atoms with Crippen LogP contribution in [0, 0.1) is 0 Å². The predicted octanol–water partition coefficient (Wildman–Crippen LogP) is 2.64. The molecule has 0 aliphatic heterocycles. The molecular weight excluding hydrogens is 314 g/mol. The Labute approximate surface area is 128 Å². The third kappa shape index (κ3) is 3.47. The fraction of sp³-hybridized carbons (Fsp3) is 0.286. The van der Waals surface area contributed by atoms with Gasteiger partial charge in [-0.2, -0.15) is 4.31 Å². The van der Waals surface area contributed by atoms with Crippen LogP contribution in [0.25, 0.3) is 0 Å². The van der Waals surface area contributed by atoms with Gasteiger partial charge in [-0.15, -0.1) is 0 Å². The van der Waals surface area contributed by atoms with E-state index in [9.17, 15) is 8.42 Å². The molecule has 1 aromatic carbocycles. The lowest BCUT2D eigenvalue weighted by Gasteiger charge is -2.20.